The SMILES string of the molecule is CCCNc1nnc(C(=O)NCC2CCCC2)s1. The molecule has 1 aromatic heterocycles. The van der Waals surface area contributed by atoms with Crippen molar-refractivity contribution in [2.45, 2.75) is 39.0 Å². The van der Waals surface area contributed by atoms with Crippen LogP contribution in [0, 0.1) is 5.92 Å². The molecule has 0 aromatic carbocycles. The summed E-state index contributed by atoms with van der Waals surface area (Å²) in [4.78, 5) is 11.9. The molecule has 1 aromatic rings. The van der Waals surface area contributed by atoms with E-state index in [9.17, 15) is 4.79 Å². The van der Waals surface area contributed by atoms with Gasteiger partial charge in [-0.15, -0.1) is 10.2 Å². The summed E-state index contributed by atoms with van der Waals surface area (Å²) in [5.41, 5.74) is 0. The molecule has 0 bridgehead atoms. The topological polar surface area (TPSA) is 66.9 Å². The highest BCUT2D eigenvalue weighted by molar-refractivity contribution is 7.17. The lowest BCUT2D eigenvalue weighted by Gasteiger charge is -2.08. The minimum atomic E-state index is -0.0936. The van der Waals surface area contributed by atoms with Crippen LogP contribution in [0.3, 0.4) is 0 Å². The fourth-order valence-corrected chi connectivity index (χ4v) is 2.83. The van der Waals surface area contributed by atoms with Gasteiger partial charge in [0.25, 0.3) is 5.91 Å². The first-order valence-electron chi connectivity index (χ1n) is 6.65. The highest BCUT2D eigenvalue weighted by Gasteiger charge is 2.18. The van der Waals surface area contributed by atoms with Crippen LogP contribution in [0.25, 0.3) is 0 Å². The Labute approximate surface area is 111 Å². The van der Waals surface area contributed by atoms with Crippen LogP contribution in [-0.2, 0) is 0 Å². The van der Waals surface area contributed by atoms with Crippen molar-refractivity contribution >= 4 is 22.4 Å². The third-order valence-electron chi connectivity index (χ3n) is 3.17. The van der Waals surface area contributed by atoms with Gasteiger partial charge in [0, 0.05) is 13.1 Å². The van der Waals surface area contributed by atoms with Crippen LogP contribution >= 0.6 is 11.3 Å². The van der Waals surface area contributed by atoms with Gasteiger partial charge in [0.2, 0.25) is 10.1 Å². The average molecular weight is 268 g/mol. The smallest absolute Gasteiger partial charge is 0.282 e. The summed E-state index contributed by atoms with van der Waals surface area (Å²) in [6.45, 7) is 3.72. The normalized spacial score (nSPS) is 15.8. The molecular formula is C12H20N4OS. The zero-order valence-corrected chi connectivity index (χ0v) is 11.6. The molecule has 0 unspecified atom stereocenters. The molecule has 2 N–H and O–H groups in total. The molecule has 1 fully saturated rings. The van der Waals surface area contributed by atoms with Gasteiger partial charge in [-0.1, -0.05) is 31.1 Å². The lowest BCUT2D eigenvalue weighted by atomic mass is 10.1. The van der Waals surface area contributed by atoms with E-state index in [0.717, 1.165) is 24.6 Å². The first-order valence-corrected chi connectivity index (χ1v) is 7.47. The predicted octanol–water partition coefficient (Wildman–Crippen LogP) is 2.28. The van der Waals surface area contributed by atoms with Crippen LogP contribution in [-0.4, -0.2) is 29.2 Å². The monoisotopic (exact) mass is 268 g/mol. The molecule has 1 saturated carbocycles. The van der Waals surface area contributed by atoms with Crippen LogP contribution < -0.4 is 10.6 Å². The van der Waals surface area contributed by atoms with Crippen molar-refractivity contribution < 1.29 is 4.79 Å². The summed E-state index contributed by atoms with van der Waals surface area (Å²) >= 11 is 1.32. The number of nitrogens with zero attached hydrogens (tertiary/aromatic N) is 2. The van der Waals surface area contributed by atoms with Crippen LogP contribution in [0.15, 0.2) is 0 Å². The Balaban J connectivity index is 1.78. The Morgan fingerprint density at radius 2 is 2.17 bits per heavy atom. The number of nitrogens with one attached hydrogen (secondary N) is 2. The number of rotatable bonds is 6. The molecule has 0 atom stereocenters. The first-order chi connectivity index (χ1) is 8.79. The van der Waals surface area contributed by atoms with Crippen LogP contribution in [0.2, 0.25) is 0 Å². The molecule has 1 amide bonds. The van der Waals surface area contributed by atoms with E-state index < -0.39 is 0 Å². The zero-order chi connectivity index (χ0) is 12.8. The number of carbonyl (C=O) groups is 1. The number of amides is 1. The number of hydrogen-bond acceptors (Lipinski definition) is 5. The second kappa shape index (κ2) is 6.68. The molecule has 6 heteroatoms. The van der Waals surface area contributed by atoms with Gasteiger partial charge in [0.15, 0.2) is 0 Å². The van der Waals surface area contributed by atoms with E-state index in [1.54, 1.807) is 0 Å². The average Bonchev–Trinajstić information content (AvgIpc) is 3.04. The summed E-state index contributed by atoms with van der Waals surface area (Å²) in [7, 11) is 0. The Morgan fingerprint density at radius 3 is 2.89 bits per heavy atom. The van der Waals surface area contributed by atoms with Crippen molar-refractivity contribution in [2.75, 3.05) is 18.4 Å². The van der Waals surface area contributed by atoms with E-state index in [4.69, 9.17) is 0 Å². The molecule has 1 aliphatic carbocycles. The molecule has 0 radical (unpaired) electrons. The highest BCUT2D eigenvalue weighted by Crippen LogP contribution is 2.24. The molecule has 18 heavy (non-hydrogen) atoms. The highest BCUT2D eigenvalue weighted by atomic mass is 32.1. The summed E-state index contributed by atoms with van der Waals surface area (Å²) in [6.07, 6.45) is 6.09. The van der Waals surface area contributed by atoms with Gasteiger partial charge >= 0.3 is 0 Å². The first kappa shape index (κ1) is 13.3. The van der Waals surface area contributed by atoms with E-state index in [-0.39, 0.29) is 5.91 Å². The summed E-state index contributed by atoms with van der Waals surface area (Å²) in [5.74, 6) is 0.559. The maximum atomic E-state index is 11.9. The van der Waals surface area contributed by atoms with Crippen LogP contribution in [0.1, 0.15) is 48.8 Å². The maximum Gasteiger partial charge on any atom is 0.282 e. The van der Waals surface area contributed by atoms with Crippen molar-refractivity contribution in [1.29, 1.82) is 0 Å². The Bertz CT molecular complexity index is 387. The van der Waals surface area contributed by atoms with Gasteiger partial charge in [-0.05, 0) is 25.2 Å². The number of carbonyl (C=O) groups excluding carboxylic acids is 1. The molecule has 2 rings (SSSR count). The van der Waals surface area contributed by atoms with Gasteiger partial charge in [0.1, 0.15) is 0 Å². The minimum absolute atomic E-state index is 0.0936. The molecule has 0 spiro atoms. The van der Waals surface area contributed by atoms with Crippen molar-refractivity contribution in [2.24, 2.45) is 5.92 Å². The van der Waals surface area contributed by atoms with Gasteiger partial charge in [0.05, 0.1) is 0 Å². The van der Waals surface area contributed by atoms with Crippen molar-refractivity contribution in [3.63, 3.8) is 0 Å². The van der Waals surface area contributed by atoms with E-state index in [1.165, 1.54) is 37.0 Å². The van der Waals surface area contributed by atoms with E-state index >= 15 is 0 Å². The maximum absolute atomic E-state index is 11.9. The van der Waals surface area contributed by atoms with Crippen molar-refractivity contribution in [1.82, 2.24) is 15.5 Å². The number of aromatic nitrogens is 2. The van der Waals surface area contributed by atoms with Gasteiger partial charge in [-0.25, -0.2) is 0 Å². The Hall–Kier alpha value is -1.17. The van der Waals surface area contributed by atoms with Crippen LogP contribution in [0.5, 0.6) is 0 Å². The van der Waals surface area contributed by atoms with Gasteiger partial charge in [-0.3, -0.25) is 4.79 Å². The zero-order valence-electron chi connectivity index (χ0n) is 10.7. The molecule has 0 aliphatic heterocycles. The quantitative estimate of drug-likeness (QED) is 0.830. The van der Waals surface area contributed by atoms with Gasteiger partial charge < -0.3 is 10.6 Å². The van der Waals surface area contributed by atoms with E-state index in [1.807, 2.05) is 0 Å². The van der Waals surface area contributed by atoms with Gasteiger partial charge in [-0.2, -0.15) is 0 Å². The lowest BCUT2D eigenvalue weighted by molar-refractivity contribution is 0.0946. The van der Waals surface area contributed by atoms with E-state index in [2.05, 4.69) is 27.8 Å². The van der Waals surface area contributed by atoms with Crippen molar-refractivity contribution in [3.05, 3.63) is 5.01 Å². The molecule has 100 valence electrons. The third kappa shape index (κ3) is 3.66. The largest absolute Gasteiger partial charge is 0.360 e. The van der Waals surface area contributed by atoms with E-state index in [0.29, 0.717) is 10.9 Å². The number of hydrogen-bond donors (Lipinski definition) is 2. The Kier molecular flexibility index (Phi) is 4.92. The summed E-state index contributed by atoms with van der Waals surface area (Å²) < 4.78 is 0. The summed E-state index contributed by atoms with van der Waals surface area (Å²) in [5, 5.41) is 15.1. The fourth-order valence-electron chi connectivity index (χ4n) is 2.15. The van der Waals surface area contributed by atoms with Crippen LogP contribution in [0.4, 0.5) is 5.13 Å². The van der Waals surface area contributed by atoms with Crippen molar-refractivity contribution in [3.8, 4) is 0 Å². The molecule has 5 nitrogen and oxygen atoms in total. The molecule has 1 heterocycles. The fraction of sp³-hybridized carbons (Fsp3) is 0.750. The molecular weight excluding hydrogens is 248 g/mol. The molecule has 0 saturated heterocycles. The minimum Gasteiger partial charge on any atom is -0.360 e. The standard InChI is InChI=1S/C12H20N4OS/c1-2-7-13-12-16-15-11(18-12)10(17)14-8-9-5-3-4-6-9/h9H,2-8H2,1H3,(H,13,16)(H,14,17). The Morgan fingerprint density at radius 1 is 1.39 bits per heavy atom. The summed E-state index contributed by atoms with van der Waals surface area (Å²) in [6, 6.07) is 0. The third-order valence-corrected chi connectivity index (χ3v) is 4.05. The lowest BCUT2D eigenvalue weighted by Crippen LogP contribution is -2.28. The predicted molar refractivity (Wildman–Crippen MR) is 73.0 cm³/mol. The second-order valence-electron chi connectivity index (χ2n) is 4.70. The second-order valence-corrected chi connectivity index (χ2v) is 5.68. The number of anilines is 1. The molecule has 1 aliphatic rings.